The van der Waals surface area contributed by atoms with Crippen LogP contribution in [0.15, 0.2) is 59.1 Å². The lowest BCUT2D eigenvalue weighted by atomic mass is 9.84. The highest BCUT2D eigenvalue weighted by Gasteiger charge is 2.23. The van der Waals surface area contributed by atoms with Crippen molar-refractivity contribution in [3.8, 4) is 11.3 Å². The van der Waals surface area contributed by atoms with Crippen molar-refractivity contribution in [2.45, 2.75) is 44.9 Å². The van der Waals surface area contributed by atoms with Gasteiger partial charge in [-0.1, -0.05) is 49.6 Å². The third-order valence-electron chi connectivity index (χ3n) is 6.03. The number of nitrogens with zero attached hydrogens (tertiary/aromatic N) is 1. The highest BCUT2D eigenvalue weighted by molar-refractivity contribution is 6.09. The van der Waals surface area contributed by atoms with Crippen LogP contribution in [0.4, 0.5) is 0 Å². The second-order valence-corrected chi connectivity index (χ2v) is 7.81. The summed E-state index contributed by atoms with van der Waals surface area (Å²) in [6.45, 7) is 2.14. The fourth-order valence-electron chi connectivity index (χ4n) is 4.51. The zero-order valence-electron chi connectivity index (χ0n) is 17.1. The first kappa shape index (κ1) is 15.4. The largest absolute Gasteiger partial charge is 0.455 e. The molecule has 1 saturated carbocycles. The zero-order chi connectivity index (χ0) is 19.3. The third-order valence-corrected chi connectivity index (χ3v) is 6.03. The second-order valence-electron chi connectivity index (χ2n) is 7.81. The van der Waals surface area contributed by atoms with E-state index in [4.69, 9.17) is 5.79 Å². The Labute approximate surface area is 161 Å². The van der Waals surface area contributed by atoms with Crippen molar-refractivity contribution in [2.24, 2.45) is 7.05 Å². The number of rotatable bonds is 2. The average molecular weight is 357 g/mol. The van der Waals surface area contributed by atoms with Gasteiger partial charge in [0.05, 0.1) is 5.56 Å². The maximum atomic E-state index is 9.06. The highest BCUT2D eigenvalue weighted by Crippen LogP contribution is 2.38. The predicted molar refractivity (Wildman–Crippen MR) is 111 cm³/mol. The van der Waals surface area contributed by atoms with Crippen LogP contribution in [-0.2, 0) is 7.05 Å². The first-order valence-electron chi connectivity index (χ1n) is 10.5. The van der Waals surface area contributed by atoms with E-state index in [1.54, 1.807) is 0 Å². The van der Waals surface area contributed by atoms with Gasteiger partial charge in [0.2, 0.25) is 5.69 Å². The molecule has 0 amide bonds. The van der Waals surface area contributed by atoms with Gasteiger partial charge in [-0.15, -0.1) is 0 Å². The molecule has 2 nitrogen and oxygen atoms in total. The summed E-state index contributed by atoms with van der Waals surface area (Å²) in [5.74, 6) is -0.461. The van der Waals surface area contributed by atoms with E-state index in [2.05, 4.69) is 61.1 Å². The van der Waals surface area contributed by atoms with Crippen molar-refractivity contribution in [2.75, 3.05) is 0 Å². The van der Waals surface area contributed by atoms with E-state index in [0.717, 1.165) is 64.4 Å². The molecule has 1 fully saturated rings. The molecule has 1 aliphatic rings. The quantitative estimate of drug-likeness (QED) is 0.378. The van der Waals surface area contributed by atoms with Gasteiger partial charge in [0.1, 0.15) is 18.2 Å². The van der Waals surface area contributed by atoms with E-state index < -0.39 is 5.89 Å². The first-order chi connectivity index (χ1) is 13.6. The zero-order valence-corrected chi connectivity index (χ0v) is 16.1. The Morgan fingerprint density at radius 3 is 2.67 bits per heavy atom. The molecule has 2 heteroatoms. The molecule has 0 unspecified atom stereocenters. The Bertz CT molecular complexity index is 1180. The number of hydrogen-bond donors (Lipinski definition) is 0. The van der Waals surface area contributed by atoms with Crippen molar-refractivity contribution in [3.63, 3.8) is 0 Å². The smallest absolute Gasteiger partial charge is 0.216 e. The molecule has 4 aromatic rings. The van der Waals surface area contributed by atoms with Crippen molar-refractivity contribution < 1.29 is 10.4 Å². The molecule has 0 atom stereocenters. The normalized spacial score (nSPS) is 17.3. The van der Waals surface area contributed by atoms with Gasteiger partial charge in [-0.2, -0.15) is 0 Å². The molecule has 0 bridgehead atoms. The number of pyridine rings is 1. The lowest BCUT2D eigenvalue weighted by molar-refractivity contribution is -0.660. The standard InChI is InChI=1S/C25H26NO/c1-17-12-13-21-20-10-6-7-11-23(20)27-25(21)24(17)22-16-19(14-15-26(22)2)18-8-4-3-5-9-18/h6-7,10-16,18H,3-5,8-9H2,1-2H3/q+1/i18D. The summed E-state index contributed by atoms with van der Waals surface area (Å²) >= 11 is 0. The third kappa shape index (κ3) is 2.75. The fraction of sp³-hybridized carbons (Fsp3) is 0.320. The van der Waals surface area contributed by atoms with Gasteiger partial charge in [-0.05, 0) is 42.9 Å². The minimum atomic E-state index is -0.461. The van der Waals surface area contributed by atoms with Crippen LogP contribution in [0, 0.1) is 6.92 Å². The SMILES string of the molecule is [2H]C1(c2cc[n+](C)c(-c3c(C)ccc4c3oc3ccccc34)c2)CCCCC1. The number of fused-ring (bicyclic) bond motifs is 3. The minimum absolute atomic E-state index is 0.461. The van der Waals surface area contributed by atoms with Gasteiger partial charge in [-0.25, -0.2) is 4.57 Å². The Morgan fingerprint density at radius 2 is 1.81 bits per heavy atom. The van der Waals surface area contributed by atoms with Crippen LogP contribution in [0.3, 0.4) is 0 Å². The molecule has 5 rings (SSSR count). The van der Waals surface area contributed by atoms with Crippen LogP contribution in [0.1, 0.15) is 50.5 Å². The highest BCUT2D eigenvalue weighted by atomic mass is 16.3. The topological polar surface area (TPSA) is 17.0 Å². The van der Waals surface area contributed by atoms with E-state index in [1.807, 2.05) is 12.1 Å². The van der Waals surface area contributed by atoms with Crippen molar-refractivity contribution in [1.29, 1.82) is 0 Å². The average Bonchev–Trinajstić information content (AvgIpc) is 3.08. The predicted octanol–water partition coefficient (Wildman–Crippen LogP) is 6.43. The summed E-state index contributed by atoms with van der Waals surface area (Å²) in [4.78, 5) is 0. The lowest BCUT2D eigenvalue weighted by Gasteiger charge is -2.21. The number of hydrogen-bond acceptors (Lipinski definition) is 1. The number of benzene rings is 2. The number of aryl methyl sites for hydroxylation is 2. The van der Waals surface area contributed by atoms with Crippen LogP contribution >= 0.6 is 0 Å². The maximum absolute atomic E-state index is 9.06. The Hall–Kier alpha value is -2.61. The summed E-state index contributed by atoms with van der Waals surface area (Å²) in [5.41, 5.74) is 6.45. The molecular formula is C25H26NO+. The number of furan rings is 1. The van der Waals surface area contributed by atoms with Gasteiger partial charge in [0.15, 0.2) is 6.20 Å². The van der Waals surface area contributed by atoms with Crippen LogP contribution in [-0.4, -0.2) is 0 Å². The summed E-state index contributed by atoms with van der Waals surface area (Å²) in [6, 6.07) is 16.9. The molecule has 0 spiro atoms. The first-order valence-corrected chi connectivity index (χ1v) is 9.98. The van der Waals surface area contributed by atoms with Gasteiger partial charge in [-0.3, -0.25) is 0 Å². The van der Waals surface area contributed by atoms with Crippen molar-refractivity contribution in [3.05, 3.63) is 65.9 Å². The summed E-state index contributed by atoms with van der Waals surface area (Å²) < 4.78 is 17.5. The molecule has 0 N–H and O–H groups in total. The molecular weight excluding hydrogens is 330 g/mol. The van der Waals surface area contributed by atoms with E-state index in [9.17, 15) is 0 Å². The molecule has 0 saturated heterocycles. The van der Waals surface area contributed by atoms with E-state index in [0.29, 0.717) is 0 Å². The van der Waals surface area contributed by atoms with E-state index >= 15 is 0 Å². The monoisotopic (exact) mass is 357 g/mol. The Balaban J connectivity index is 1.76. The summed E-state index contributed by atoms with van der Waals surface area (Å²) in [5, 5.41) is 2.31. The van der Waals surface area contributed by atoms with Gasteiger partial charge < -0.3 is 4.42 Å². The van der Waals surface area contributed by atoms with Gasteiger partial charge >= 0.3 is 0 Å². The number of aromatic nitrogens is 1. The Kier molecular flexibility index (Phi) is 3.73. The summed E-state index contributed by atoms with van der Waals surface area (Å²) in [7, 11) is 2.08. The van der Waals surface area contributed by atoms with E-state index in [1.165, 1.54) is 12.0 Å². The summed E-state index contributed by atoms with van der Waals surface area (Å²) in [6.07, 6.45) is 7.57. The van der Waals surface area contributed by atoms with Crippen LogP contribution in [0.25, 0.3) is 33.2 Å². The molecule has 1 aliphatic carbocycles. The maximum Gasteiger partial charge on any atom is 0.216 e. The molecule has 136 valence electrons. The van der Waals surface area contributed by atoms with Crippen LogP contribution in [0.2, 0.25) is 0 Å². The molecule has 0 aliphatic heterocycles. The van der Waals surface area contributed by atoms with Crippen LogP contribution in [0.5, 0.6) is 0 Å². The molecule has 2 aromatic heterocycles. The number of para-hydroxylation sites is 1. The van der Waals surface area contributed by atoms with Gasteiger partial charge in [0, 0.05) is 24.3 Å². The minimum Gasteiger partial charge on any atom is -0.455 e. The van der Waals surface area contributed by atoms with Gasteiger partial charge in [0.25, 0.3) is 0 Å². The van der Waals surface area contributed by atoms with Crippen molar-refractivity contribution >= 4 is 21.9 Å². The Morgan fingerprint density at radius 1 is 1.00 bits per heavy atom. The molecule has 2 heterocycles. The lowest BCUT2D eigenvalue weighted by Crippen LogP contribution is -2.31. The van der Waals surface area contributed by atoms with Crippen molar-refractivity contribution in [1.82, 2.24) is 0 Å². The van der Waals surface area contributed by atoms with Crippen LogP contribution < -0.4 is 4.57 Å². The molecule has 0 radical (unpaired) electrons. The fourth-order valence-corrected chi connectivity index (χ4v) is 4.51. The second kappa shape index (κ2) is 6.53. The molecule has 2 aromatic carbocycles. The molecule has 27 heavy (non-hydrogen) atoms. The van der Waals surface area contributed by atoms with E-state index in [-0.39, 0.29) is 0 Å².